The van der Waals surface area contributed by atoms with Gasteiger partial charge in [-0.15, -0.1) is 0 Å². The van der Waals surface area contributed by atoms with Crippen molar-refractivity contribution in [2.75, 3.05) is 11.9 Å². The lowest BCUT2D eigenvalue weighted by molar-refractivity contribution is 0.0524. The van der Waals surface area contributed by atoms with E-state index in [1.165, 1.54) is 62.5 Å². The minimum absolute atomic E-state index is 0.222. The Morgan fingerprint density at radius 3 is 2.46 bits per heavy atom. The Balaban J connectivity index is 1.81. The number of carbonyl (C=O) groups excluding carboxylic acids is 1. The Morgan fingerprint density at radius 1 is 1.08 bits per heavy atom. The lowest BCUT2D eigenvalue weighted by Gasteiger charge is -2.26. The molecular weight excluding hydrogens is 300 g/mol. The topological polar surface area (TPSA) is 51.2 Å². The first-order valence-electron chi connectivity index (χ1n) is 9.74. The molecule has 0 amide bonds. The third-order valence-corrected chi connectivity index (χ3v) is 5.34. The summed E-state index contributed by atoms with van der Waals surface area (Å²) in [7, 11) is 0. The van der Waals surface area contributed by atoms with Crippen molar-refractivity contribution in [3.8, 4) is 0 Å². The Kier molecular flexibility index (Phi) is 6.11. The Hall–Kier alpha value is -1.58. The Morgan fingerprint density at radius 2 is 1.75 bits per heavy atom. The Bertz CT molecular complexity index is 563. The van der Waals surface area contributed by atoms with Gasteiger partial charge in [-0.2, -0.15) is 0 Å². The van der Waals surface area contributed by atoms with Gasteiger partial charge in [-0.05, 0) is 56.6 Å². The number of esters is 1. The molecule has 2 aliphatic carbocycles. The summed E-state index contributed by atoms with van der Waals surface area (Å²) < 4.78 is 5.21. The van der Waals surface area contributed by atoms with Gasteiger partial charge in [0.2, 0.25) is 0 Å². The molecule has 2 aliphatic rings. The van der Waals surface area contributed by atoms with E-state index in [1.54, 1.807) is 6.20 Å². The largest absolute Gasteiger partial charge is 0.462 e. The highest BCUT2D eigenvalue weighted by molar-refractivity contribution is 5.91. The standard InChI is InChI=1S/C20H30N2O2/c1-2-24-20(23)18-14-21-19(17-13-9-8-12-16(17)18)22-15-10-6-4-3-5-7-11-15/h14-15H,2-13H2,1H3,(H,21,22). The molecule has 0 aromatic carbocycles. The average molecular weight is 330 g/mol. The first-order chi connectivity index (χ1) is 11.8. The van der Waals surface area contributed by atoms with Gasteiger partial charge in [0.1, 0.15) is 5.82 Å². The summed E-state index contributed by atoms with van der Waals surface area (Å²) in [6.45, 7) is 2.26. The number of hydrogen-bond donors (Lipinski definition) is 1. The van der Waals surface area contributed by atoms with Crippen LogP contribution in [0.5, 0.6) is 0 Å². The van der Waals surface area contributed by atoms with Gasteiger partial charge in [-0.3, -0.25) is 0 Å². The monoisotopic (exact) mass is 330 g/mol. The number of aromatic nitrogens is 1. The highest BCUT2D eigenvalue weighted by Gasteiger charge is 2.23. The van der Waals surface area contributed by atoms with E-state index in [0.29, 0.717) is 18.2 Å². The van der Waals surface area contributed by atoms with Crippen LogP contribution in [0.15, 0.2) is 6.20 Å². The van der Waals surface area contributed by atoms with Crippen molar-refractivity contribution in [1.82, 2.24) is 4.98 Å². The van der Waals surface area contributed by atoms with Crippen molar-refractivity contribution in [1.29, 1.82) is 0 Å². The number of fused-ring (bicyclic) bond motifs is 1. The van der Waals surface area contributed by atoms with Crippen LogP contribution in [-0.2, 0) is 17.6 Å². The predicted octanol–water partition coefficient (Wildman–Crippen LogP) is 4.66. The van der Waals surface area contributed by atoms with Crippen LogP contribution in [0, 0.1) is 0 Å². The number of anilines is 1. The molecule has 4 nitrogen and oxygen atoms in total. The molecule has 0 spiro atoms. The van der Waals surface area contributed by atoms with E-state index in [-0.39, 0.29) is 5.97 Å². The molecule has 1 aromatic heterocycles. The molecule has 0 atom stereocenters. The van der Waals surface area contributed by atoms with Gasteiger partial charge in [0, 0.05) is 12.2 Å². The zero-order chi connectivity index (χ0) is 16.8. The van der Waals surface area contributed by atoms with Crippen LogP contribution in [0.25, 0.3) is 0 Å². The van der Waals surface area contributed by atoms with Gasteiger partial charge in [0.25, 0.3) is 0 Å². The second-order valence-electron chi connectivity index (χ2n) is 7.09. The first-order valence-corrected chi connectivity index (χ1v) is 9.74. The number of nitrogens with zero attached hydrogens (tertiary/aromatic N) is 1. The van der Waals surface area contributed by atoms with Crippen LogP contribution in [-0.4, -0.2) is 23.6 Å². The van der Waals surface area contributed by atoms with E-state index in [9.17, 15) is 4.79 Å². The minimum Gasteiger partial charge on any atom is -0.462 e. The van der Waals surface area contributed by atoms with Gasteiger partial charge in [-0.25, -0.2) is 9.78 Å². The molecule has 3 rings (SSSR count). The van der Waals surface area contributed by atoms with Crippen LogP contribution in [0.3, 0.4) is 0 Å². The van der Waals surface area contributed by atoms with Gasteiger partial charge in [0.05, 0.1) is 12.2 Å². The number of ether oxygens (including phenoxy) is 1. The van der Waals surface area contributed by atoms with Crippen LogP contribution in [0.2, 0.25) is 0 Å². The maximum atomic E-state index is 12.2. The SMILES string of the molecule is CCOC(=O)c1cnc(NC2CCCCCCC2)c2c1CCCC2. The third kappa shape index (κ3) is 4.08. The number of hydrogen-bond acceptors (Lipinski definition) is 4. The third-order valence-electron chi connectivity index (χ3n) is 5.34. The van der Waals surface area contributed by atoms with Gasteiger partial charge in [-0.1, -0.05) is 32.1 Å². The summed E-state index contributed by atoms with van der Waals surface area (Å²) in [4.78, 5) is 16.9. The zero-order valence-corrected chi connectivity index (χ0v) is 14.9. The maximum absolute atomic E-state index is 12.2. The van der Waals surface area contributed by atoms with E-state index in [1.807, 2.05) is 6.92 Å². The molecule has 1 saturated carbocycles. The number of pyridine rings is 1. The lowest BCUT2D eigenvalue weighted by Crippen LogP contribution is -2.24. The molecule has 4 heteroatoms. The molecule has 1 N–H and O–H groups in total. The van der Waals surface area contributed by atoms with Gasteiger partial charge >= 0.3 is 5.97 Å². The molecule has 1 heterocycles. The van der Waals surface area contributed by atoms with E-state index in [0.717, 1.165) is 25.1 Å². The van der Waals surface area contributed by atoms with E-state index < -0.39 is 0 Å². The lowest BCUT2D eigenvalue weighted by atomic mass is 9.88. The fourth-order valence-corrected chi connectivity index (χ4v) is 4.05. The number of carbonyl (C=O) groups is 1. The van der Waals surface area contributed by atoms with Crippen LogP contribution in [0.1, 0.15) is 86.2 Å². The maximum Gasteiger partial charge on any atom is 0.339 e. The summed E-state index contributed by atoms with van der Waals surface area (Å²) in [6, 6.07) is 0.525. The molecule has 0 unspecified atom stereocenters. The van der Waals surface area contributed by atoms with Crippen molar-refractivity contribution in [3.05, 3.63) is 22.9 Å². The van der Waals surface area contributed by atoms with E-state index in [4.69, 9.17) is 4.74 Å². The summed E-state index contributed by atoms with van der Waals surface area (Å²) in [6.07, 6.45) is 15.2. The normalized spacial score (nSPS) is 19.0. The summed E-state index contributed by atoms with van der Waals surface area (Å²) >= 11 is 0. The van der Waals surface area contributed by atoms with Crippen molar-refractivity contribution in [3.63, 3.8) is 0 Å². The van der Waals surface area contributed by atoms with Gasteiger partial charge in [0.15, 0.2) is 0 Å². The van der Waals surface area contributed by atoms with Crippen LogP contribution in [0.4, 0.5) is 5.82 Å². The number of nitrogens with one attached hydrogen (secondary N) is 1. The van der Waals surface area contributed by atoms with E-state index >= 15 is 0 Å². The van der Waals surface area contributed by atoms with Crippen molar-refractivity contribution >= 4 is 11.8 Å². The highest BCUT2D eigenvalue weighted by Crippen LogP contribution is 2.31. The molecule has 1 aromatic rings. The van der Waals surface area contributed by atoms with Crippen LogP contribution >= 0.6 is 0 Å². The molecule has 24 heavy (non-hydrogen) atoms. The van der Waals surface area contributed by atoms with Gasteiger partial charge < -0.3 is 10.1 Å². The molecular formula is C20H30N2O2. The fourth-order valence-electron chi connectivity index (χ4n) is 4.05. The van der Waals surface area contributed by atoms with Crippen LogP contribution < -0.4 is 5.32 Å². The summed E-state index contributed by atoms with van der Waals surface area (Å²) in [5, 5.41) is 3.71. The molecule has 0 saturated heterocycles. The number of rotatable bonds is 4. The molecule has 0 bridgehead atoms. The molecule has 132 valence electrons. The van der Waals surface area contributed by atoms with Crippen molar-refractivity contribution < 1.29 is 9.53 Å². The van der Waals surface area contributed by atoms with E-state index in [2.05, 4.69) is 10.3 Å². The van der Waals surface area contributed by atoms with Crippen molar-refractivity contribution in [2.24, 2.45) is 0 Å². The fraction of sp³-hybridized carbons (Fsp3) is 0.700. The first kappa shape index (κ1) is 17.2. The quantitative estimate of drug-likeness (QED) is 0.816. The highest BCUT2D eigenvalue weighted by atomic mass is 16.5. The predicted molar refractivity (Wildman–Crippen MR) is 96.6 cm³/mol. The molecule has 1 fully saturated rings. The smallest absolute Gasteiger partial charge is 0.339 e. The summed E-state index contributed by atoms with van der Waals surface area (Å²) in [5.41, 5.74) is 3.10. The Labute approximate surface area is 145 Å². The van der Waals surface area contributed by atoms with Crippen molar-refractivity contribution in [2.45, 2.75) is 83.6 Å². The second-order valence-corrected chi connectivity index (χ2v) is 7.09. The second kappa shape index (κ2) is 8.50. The molecule has 0 aliphatic heterocycles. The summed E-state index contributed by atoms with van der Waals surface area (Å²) in [5.74, 6) is 0.795. The zero-order valence-electron chi connectivity index (χ0n) is 14.9. The average Bonchev–Trinajstić information content (AvgIpc) is 2.57. The minimum atomic E-state index is -0.222. The molecule has 0 radical (unpaired) electrons.